The van der Waals surface area contributed by atoms with Crippen LogP contribution in [-0.2, 0) is 6.42 Å². The van der Waals surface area contributed by atoms with Crippen LogP contribution in [0.15, 0.2) is 35.0 Å². The second kappa shape index (κ2) is 6.84. The van der Waals surface area contributed by atoms with Crippen molar-refractivity contribution in [2.45, 2.75) is 26.7 Å². The van der Waals surface area contributed by atoms with Crippen LogP contribution in [0.2, 0.25) is 0 Å². The molecule has 106 valence electrons. The van der Waals surface area contributed by atoms with Crippen molar-refractivity contribution >= 4 is 5.91 Å². The van der Waals surface area contributed by atoms with E-state index in [4.69, 9.17) is 4.52 Å². The molecule has 0 N–H and O–H groups in total. The van der Waals surface area contributed by atoms with Crippen LogP contribution in [-0.4, -0.2) is 34.0 Å². The Morgan fingerprint density at radius 1 is 1.35 bits per heavy atom. The number of pyridine rings is 1. The van der Waals surface area contributed by atoms with Crippen LogP contribution in [0.1, 0.15) is 35.3 Å². The summed E-state index contributed by atoms with van der Waals surface area (Å²) in [6.07, 6.45) is 3.41. The Hall–Kier alpha value is -2.17. The maximum absolute atomic E-state index is 12.4. The first kappa shape index (κ1) is 14.2. The molecule has 0 spiro atoms. The van der Waals surface area contributed by atoms with Crippen LogP contribution in [0.25, 0.3) is 0 Å². The third-order valence-corrected chi connectivity index (χ3v) is 2.99. The maximum Gasteiger partial charge on any atom is 0.276 e. The summed E-state index contributed by atoms with van der Waals surface area (Å²) in [5, 5.41) is 3.79. The first-order chi connectivity index (χ1) is 9.70. The van der Waals surface area contributed by atoms with Crippen molar-refractivity contribution in [1.29, 1.82) is 0 Å². The quantitative estimate of drug-likeness (QED) is 0.811. The molecule has 0 fully saturated rings. The highest BCUT2D eigenvalue weighted by atomic mass is 16.5. The van der Waals surface area contributed by atoms with Crippen LogP contribution in [0.3, 0.4) is 0 Å². The van der Waals surface area contributed by atoms with E-state index in [9.17, 15) is 4.79 Å². The van der Waals surface area contributed by atoms with Crippen LogP contribution in [0.4, 0.5) is 0 Å². The van der Waals surface area contributed by atoms with Crippen molar-refractivity contribution in [3.05, 3.63) is 47.6 Å². The van der Waals surface area contributed by atoms with Crippen LogP contribution in [0.5, 0.6) is 0 Å². The zero-order chi connectivity index (χ0) is 14.4. The van der Waals surface area contributed by atoms with Crippen molar-refractivity contribution in [2.24, 2.45) is 0 Å². The Labute approximate surface area is 118 Å². The van der Waals surface area contributed by atoms with Gasteiger partial charge in [0.25, 0.3) is 5.91 Å². The summed E-state index contributed by atoms with van der Waals surface area (Å²) >= 11 is 0. The monoisotopic (exact) mass is 273 g/mol. The lowest BCUT2D eigenvalue weighted by Gasteiger charge is -2.20. The molecule has 0 aliphatic rings. The van der Waals surface area contributed by atoms with Crippen molar-refractivity contribution < 1.29 is 9.32 Å². The Kier molecular flexibility index (Phi) is 4.87. The highest BCUT2D eigenvalue weighted by Gasteiger charge is 2.18. The molecule has 1 amide bonds. The average molecular weight is 273 g/mol. The van der Waals surface area contributed by atoms with Crippen molar-refractivity contribution in [3.8, 4) is 0 Å². The van der Waals surface area contributed by atoms with Gasteiger partial charge in [0.15, 0.2) is 5.69 Å². The summed E-state index contributed by atoms with van der Waals surface area (Å²) in [5.74, 6) is 0.564. The van der Waals surface area contributed by atoms with Gasteiger partial charge in [-0.1, -0.05) is 18.1 Å². The lowest BCUT2D eigenvalue weighted by atomic mass is 10.2. The first-order valence-corrected chi connectivity index (χ1v) is 6.83. The van der Waals surface area contributed by atoms with E-state index >= 15 is 0 Å². The van der Waals surface area contributed by atoms with Gasteiger partial charge in [0, 0.05) is 37.5 Å². The smallest absolute Gasteiger partial charge is 0.276 e. The molecular formula is C15H19N3O2. The van der Waals surface area contributed by atoms with Gasteiger partial charge in [-0.05, 0) is 25.5 Å². The van der Waals surface area contributed by atoms with E-state index in [1.807, 2.05) is 18.2 Å². The largest absolute Gasteiger partial charge is 0.361 e. The number of hydrogen-bond donors (Lipinski definition) is 0. The number of nitrogens with zero attached hydrogens (tertiary/aromatic N) is 3. The standard InChI is InChI=1S/C15H19N3O2/c1-3-9-18(10-7-13-6-4-5-8-16-13)15(19)14-11-12(2)20-17-14/h4-6,8,11H,3,7,9-10H2,1-2H3. The van der Waals surface area contributed by atoms with E-state index in [0.29, 0.717) is 24.5 Å². The van der Waals surface area contributed by atoms with Gasteiger partial charge < -0.3 is 9.42 Å². The molecule has 0 saturated carbocycles. The molecule has 2 aromatic rings. The summed E-state index contributed by atoms with van der Waals surface area (Å²) in [5.41, 5.74) is 1.36. The predicted molar refractivity (Wildman–Crippen MR) is 75.4 cm³/mol. The fourth-order valence-electron chi connectivity index (χ4n) is 2.01. The van der Waals surface area contributed by atoms with E-state index in [0.717, 1.165) is 18.5 Å². The molecule has 0 bridgehead atoms. The van der Waals surface area contributed by atoms with Gasteiger partial charge >= 0.3 is 0 Å². The van der Waals surface area contributed by atoms with E-state index in [-0.39, 0.29) is 5.91 Å². The number of carbonyl (C=O) groups is 1. The van der Waals surface area contributed by atoms with E-state index in [2.05, 4.69) is 17.1 Å². The number of hydrogen-bond acceptors (Lipinski definition) is 4. The zero-order valence-electron chi connectivity index (χ0n) is 11.9. The van der Waals surface area contributed by atoms with Crippen LogP contribution >= 0.6 is 0 Å². The van der Waals surface area contributed by atoms with Gasteiger partial charge in [-0.3, -0.25) is 9.78 Å². The molecule has 2 aromatic heterocycles. The highest BCUT2D eigenvalue weighted by Crippen LogP contribution is 2.08. The summed E-state index contributed by atoms with van der Waals surface area (Å²) in [4.78, 5) is 18.4. The number of rotatable bonds is 6. The molecule has 0 aromatic carbocycles. The first-order valence-electron chi connectivity index (χ1n) is 6.83. The van der Waals surface area contributed by atoms with Gasteiger partial charge in [0.2, 0.25) is 0 Å². The fourth-order valence-corrected chi connectivity index (χ4v) is 2.01. The molecule has 0 saturated heterocycles. The normalized spacial score (nSPS) is 10.5. The lowest BCUT2D eigenvalue weighted by molar-refractivity contribution is 0.0746. The van der Waals surface area contributed by atoms with Crippen molar-refractivity contribution in [3.63, 3.8) is 0 Å². The van der Waals surface area contributed by atoms with Gasteiger partial charge in [-0.15, -0.1) is 0 Å². The molecule has 0 aliphatic heterocycles. The molecule has 5 nitrogen and oxygen atoms in total. The molecule has 0 radical (unpaired) electrons. The second-order valence-corrected chi connectivity index (χ2v) is 4.69. The molecule has 0 atom stereocenters. The van der Waals surface area contributed by atoms with Crippen LogP contribution < -0.4 is 0 Å². The summed E-state index contributed by atoms with van der Waals surface area (Å²) in [6.45, 7) is 5.17. The zero-order valence-corrected chi connectivity index (χ0v) is 11.9. The number of aromatic nitrogens is 2. The fraction of sp³-hybridized carbons (Fsp3) is 0.400. The van der Waals surface area contributed by atoms with Gasteiger partial charge in [0.1, 0.15) is 5.76 Å². The predicted octanol–water partition coefficient (Wildman–Crippen LogP) is 2.47. The molecule has 2 heterocycles. The SMILES string of the molecule is CCCN(CCc1ccccn1)C(=O)c1cc(C)on1. The Morgan fingerprint density at radius 2 is 2.20 bits per heavy atom. The molecule has 2 rings (SSSR count). The van der Waals surface area contributed by atoms with Gasteiger partial charge in [-0.2, -0.15) is 0 Å². The maximum atomic E-state index is 12.4. The minimum absolute atomic E-state index is 0.0837. The summed E-state index contributed by atoms with van der Waals surface area (Å²) < 4.78 is 4.97. The highest BCUT2D eigenvalue weighted by molar-refractivity contribution is 5.92. The minimum Gasteiger partial charge on any atom is -0.361 e. The Balaban J connectivity index is 2.01. The number of aryl methyl sites for hydroxylation is 1. The Bertz CT molecular complexity index is 551. The summed E-state index contributed by atoms with van der Waals surface area (Å²) in [6, 6.07) is 7.48. The van der Waals surface area contributed by atoms with E-state index in [1.165, 1.54) is 0 Å². The molecular weight excluding hydrogens is 254 g/mol. The second-order valence-electron chi connectivity index (χ2n) is 4.69. The third-order valence-electron chi connectivity index (χ3n) is 2.99. The number of carbonyl (C=O) groups excluding carboxylic acids is 1. The van der Waals surface area contributed by atoms with E-state index in [1.54, 1.807) is 24.1 Å². The summed E-state index contributed by atoms with van der Waals surface area (Å²) in [7, 11) is 0. The Morgan fingerprint density at radius 3 is 2.80 bits per heavy atom. The minimum atomic E-state index is -0.0837. The van der Waals surface area contributed by atoms with Crippen molar-refractivity contribution in [2.75, 3.05) is 13.1 Å². The van der Waals surface area contributed by atoms with Crippen molar-refractivity contribution in [1.82, 2.24) is 15.0 Å². The van der Waals surface area contributed by atoms with Gasteiger partial charge in [0.05, 0.1) is 0 Å². The topological polar surface area (TPSA) is 59.2 Å². The average Bonchev–Trinajstić information content (AvgIpc) is 2.90. The van der Waals surface area contributed by atoms with E-state index < -0.39 is 0 Å². The number of amides is 1. The third kappa shape index (κ3) is 3.66. The molecule has 0 unspecified atom stereocenters. The molecule has 20 heavy (non-hydrogen) atoms. The van der Waals surface area contributed by atoms with Gasteiger partial charge in [-0.25, -0.2) is 0 Å². The van der Waals surface area contributed by atoms with Crippen LogP contribution in [0, 0.1) is 6.92 Å². The lowest BCUT2D eigenvalue weighted by Crippen LogP contribution is -2.34. The molecule has 5 heteroatoms. The molecule has 0 aliphatic carbocycles.